The molecule has 1 N–H and O–H groups in total. The second-order valence-corrected chi connectivity index (χ2v) is 6.92. The van der Waals surface area contributed by atoms with Crippen molar-refractivity contribution in [2.45, 2.75) is 52.9 Å². The van der Waals surface area contributed by atoms with Gasteiger partial charge in [-0.15, -0.1) is 0 Å². The van der Waals surface area contributed by atoms with Crippen molar-refractivity contribution in [3.05, 3.63) is 11.1 Å². The fraction of sp³-hybridized carbons (Fsp3) is 0.800. The number of carboxylic acid groups (broad SMARTS) is 1. The van der Waals surface area contributed by atoms with E-state index in [1.807, 2.05) is 0 Å². The van der Waals surface area contributed by atoms with Gasteiger partial charge in [0.2, 0.25) is 0 Å². The lowest BCUT2D eigenvalue weighted by Gasteiger charge is -2.43. The van der Waals surface area contributed by atoms with Gasteiger partial charge in [0.1, 0.15) is 0 Å². The Bertz CT molecular complexity index is 419. The number of carbonyl (C=O) groups is 1. The van der Waals surface area contributed by atoms with Crippen molar-refractivity contribution in [2.24, 2.45) is 22.7 Å². The van der Waals surface area contributed by atoms with Gasteiger partial charge in [0.15, 0.2) is 0 Å². The first-order chi connectivity index (χ1) is 7.89. The first-order valence-corrected chi connectivity index (χ1v) is 6.87. The van der Waals surface area contributed by atoms with Crippen LogP contribution in [0.5, 0.6) is 0 Å². The molecule has 0 aliphatic heterocycles. The van der Waals surface area contributed by atoms with Gasteiger partial charge in [0, 0.05) is 5.57 Å². The maximum Gasteiger partial charge on any atom is 0.332 e. The molecule has 2 saturated carbocycles. The molecule has 0 unspecified atom stereocenters. The molecule has 17 heavy (non-hydrogen) atoms. The van der Waals surface area contributed by atoms with Crippen LogP contribution in [0.2, 0.25) is 0 Å². The summed E-state index contributed by atoms with van der Waals surface area (Å²) in [6.45, 7) is 6.62. The van der Waals surface area contributed by atoms with E-state index in [9.17, 15) is 9.90 Å². The molecule has 94 valence electrons. The molecule has 0 radical (unpaired) electrons. The van der Waals surface area contributed by atoms with Crippen LogP contribution in [0.1, 0.15) is 52.9 Å². The Morgan fingerprint density at radius 1 is 1.35 bits per heavy atom. The summed E-state index contributed by atoms with van der Waals surface area (Å²) in [6, 6.07) is 0. The fourth-order valence-electron chi connectivity index (χ4n) is 4.97. The summed E-state index contributed by atoms with van der Waals surface area (Å²) in [5.41, 5.74) is 2.24. The Kier molecular flexibility index (Phi) is 2.10. The van der Waals surface area contributed by atoms with E-state index < -0.39 is 5.97 Å². The second kappa shape index (κ2) is 3.15. The average Bonchev–Trinajstić information content (AvgIpc) is 2.76. The third-order valence-corrected chi connectivity index (χ3v) is 6.10. The maximum absolute atomic E-state index is 11.7. The van der Waals surface area contributed by atoms with E-state index in [0.717, 1.165) is 12.0 Å². The number of carboxylic acids is 1. The molecule has 0 aromatic heterocycles. The molecule has 2 nitrogen and oxygen atoms in total. The van der Waals surface area contributed by atoms with Crippen molar-refractivity contribution >= 4 is 5.97 Å². The fourth-order valence-corrected chi connectivity index (χ4v) is 4.97. The number of rotatable bonds is 1. The van der Waals surface area contributed by atoms with E-state index in [1.54, 1.807) is 0 Å². The van der Waals surface area contributed by atoms with E-state index in [4.69, 9.17) is 0 Å². The Morgan fingerprint density at radius 2 is 2.06 bits per heavy atom. The minimum absolute atomic E-state index is 0.120. The predicted molar refractivity (Wildman–Crippen MR) is 66.6 cm³/mol. The molecule has 1 spiro atoms. The van der Waals surface area contributed by atoms with Gasteiger partial charge in [-0.1, -0.05) is 26.3 Å². The summed E-state index contributed by atoms with van der Waals surface area (Å²) in [6.07, 6.45) is 5.91. The van der Waals surface area contributed by atoms with Gasteiger partial charge >= 0.3 is 5.97 Å². The SMILES string of the molecule is C[C@H]1CCC2=C(C(=O)O)C(C)(C)[C@H]3CC[C@]21C3. The van der Waals surface area contributed by atoms with Gasteiger partial charge in [-0.2, -0.15) is 0 Å². The molecular formula is C15H22O2. The Labute approximate surface area is 103 Å². The average molecular weight is 234 g/mol. The van der Waals surface area contributed by atoms with Crippen LogP contribution in [-0.4, -0.2) is 11.1 Å². The van der Waals surface area contributed by atoms with Crippen LogP contribution < -0.4 is 0 Å². The van der Waals surface area contributed by atoms with Crippen LogP contribution in [0.4, 0.5) is 0 Å². The quantitative estimate of drug-likeness (QED) is 0.752. The van der Waals surface area contributed by atoms with Gasteiger partial charge in [0.25, 0.3) is 0 Å². The number of fused-ring (bicyclic) bond motifs is 1. The number of allylic oxidation sites excluding steroid dienone is 1. The van der Waals surface area contributed by atoms with Crippen molar-refractivity contribution in [3.8, 4) is 0 Å². The summed E-state index contributed by atoms with van der Waals surface area (Å²) >= 11 is 0. The normalized spacial score (nSPS) is 42.8. The minimum Gasteiger partial charge on any atom is -0.478 e. The van der Waals surface area contributed by atoms with Crippen molar-refractivity contribution in [1.29, 1.82) is 0 Å². The van der Waals surface area contributed by atoms with E-state index >= 15 is 0 Å². The van der Waals surface area contributed by atoms with Gasteiger partial charge in [0.05, 0.1) is 0 Å². The third kappa shape index (κ3) is 1.19. The summed E-state index contributed by atoms with van der Waals surface area (Å²) in [5, 5.41) is 9.61. The van der Waals surface area contributed by atoms with Crippen LogP contribution in [0.25, 0.3) is 0 Å². The lowest BCUT2D eigenvalue weighted by atomic mass is 9.60. The van der Waals surface area contributed by atoms with Crippen LogP contribution in [0, 0.1) is 22.7 Å². The standard InChI is InChI=1S/C15H22O2/c1-9-4-5-11-12(13(16)17)14(2,3)10-6-7-15(9,11)8-10/h9-10H,4-8H2,1-3H3,(H,16,17)/t9-,10-,15+/m0/s1. The van der Waals surface area contributed by atoms with Gasteiger partial charge in [-0.3, -0.25) is 0 Å². The zero-order valence-corrected chi connectivity index (χ0v) is 11.0. The van der Waals surface area contributed by atoms with Crippen molar-refractivity contribution in [1.82, 2.24) is 0 Å². The summed E-state index contributed by atoms with van der Waals surface area (Å²) < 4.78 is 0. The molecule has 2 heteroatoms. The predicted octanol–water partition coefficient (Wildman–Crippen LogP) is 3.62. The second-order valence-electron chi connectivity index (χ2n) is 6.92. The Hall–Kier alpha value is -0.790. The Balaban J connectivity index is 2.23. The lowest BCUT2D eigenvalue weighted by molar-refractivity contribution is -0.134. The molecule has 3 atom stereocenters. The molecule has 0 heterocycles. The van der Waals surface area contributed by atoms with Gasteiger partial charge < -0.3 is 5.11 Å². The molecule has 3 aliphatic carbocycles. The van der Waals surface area contributed by atoms with E-state index in [-0.39, 0.29) is 10.8 Å². The third-order valence-electron chi connectivity index (χ3n) is 6.10. The molecule has 0 saturated heterocycles. The van der Waals surface area contributed by atoms with Crippen LogP contribution in [0.15, 0.2) is 11.1 Å². The van der Waals surface area contributed by atoms with Gasteiger partial charge in [-0.05, 0) is 54.8 Å². The molecule has 2 bridgehead atoms. The highest BCUT2D eigenvalue weighted by Gasteiger charge is 2.59. The molecule has 3 aliphatic rings. The monoisotopic (exact) mass is 234 g/mol. The Morgan fingerprint density at radius 3 is 2.71 bits per heavy atom. The highest BCUT2D eigenvalue weighted by Crippen LogP contribution is 2.67. The maximum atomic E-state index is 11.7. The first-order valence-electron chi connectivity index (χ1n) is 6.87. The number of hydrogen-bond donors (Lipinski definition) is 1. The van der Waals surface area contributed by atoms with Crippen molar-refractivity contribution in [3.63, 3.8) is 0 Å². The number of hydrogen-bond acceptors (Lipinski definition) is 1. The largest absolute Gasteiger partial charge is 0.478 e. The molecule has 0 aromatic carbocycles. The minimum atomic E-state index is -0.657. The van der Waals surface area contributed by atoms with Crippen molar-refractivity contribution < 1.29 is 9.90 Å². The lowest BCUT2D eigenvalue weighted by Crippen LogP contribution is -2.38. The molecular weight excluding hydrogens is 212 g/mol. The molecule has 0 amide bonds. The highest BCUT2D eigenvalue weighted by molar-refractivity contribution is 5.90. The summed E-state index contributed by atoms with van der Waals surface area (Å²) in [5.74, 6) is 0.612. The van der Waals surface area contributed by atoms with E-state index in [1.165, 1.54) is 31.3 Å². The van der Waals surface area contributed by atoms with Crippen LogP contribution in [0.3, 0.4) is 0 Å². The molecule has 0 aromatic rings. The zero-order valence-electron chi connectivity index (χ0n) is 11.0. The van der Waals surface area contributed by atoms with Crippen LogP contribution in [-0.2, 0) is 4.79 Å². The van der Waals surface area contributed by atoms with Crippen LogP contribution >= 0.6 is 0 Å². The summed E-state index contributed by atoms with van der Waals surface area (Å²) in [7, 11) is 0. The molecule has 2 fully saturated rings. The smallest absolute Gasteiger partial charge is 0.332 e. The van der Waals surface area contributed by atoms with E-state index in [2.05, 4.69) is 20.8 Å². The molecule has 3 rings (SSSR count). The van der Waals surface area contributed by atoms with Gasteiger partial charge in [-0.25, -0.2) is 4.79 Å². The first kappa shape index (κ1) is 11.3. The highest BCUT2D eigenvalue weighted by atomic mass is 16.4. The topological polar surface area (TPSA) is 37.3 Å². The number of aliphatic carboxylic acids is 1. The zero-order chi connectivity index (χ0) is 12.4. The van der Waals surface area contributed by atoms with E-state index in [0.29, 0.717) is 11.8 Å². The summed E-state index contributed by atoms with van der Waals surface area (Å²) in [4.78, 5) is 11.7. The van der Waals surface area contributed by atoms with Crippen molar-refractivity contribution in [2.75, 3.05) is 0 Å².